The maximum atomic E-state index is 4.97. The Hall–Kier alpha value is -1.36. The molecule has 0 atom stereocenters. The molecule has 96 valence electrons. The molecule has 5 nitrogen and oxygen atoms in total. The zero-order chi connectivity index (χ0) is 12.5. The highest BCUT2D eigenvalue weighted by molar-refractivity contribution is 5.41. The third-order valence-electron chi connectivity index (χ3n) is 2.47. The minimum Gasteiger partial charge on any atom is -0.383 e. The van der Waals surface area contributed by atoms with E-state index < -0.39 is 0 Å². The number of nitrogens with one attached hydrogen (secondary N) is 1. The van der Waals surface area contributed by atoms with E-state index >= 15 is 0 Å². The van der Waals surface area contributed by atoms with Gasteiger partial charge in [0, 0.05) is 33.4 Å². The zero-order valence-corrected chi connectivity index (χ0v) is 10.9. The van der Waals surface area contributed by atoms with E-state index in [9.17, 15) is 0 Å². The molecule has 0 bridgehead atoms. The minimum atomic E-state index is 0.652. The second-order valence-corrected chi connectivity index (χ2v) is 3.93. The van der Waals surface area contributed by atoms with Crippen molar-refractivity contribution in [2.75, 3.05) is 44.1 Å². The van der Waals surface area contributed by atoms with E-state index in [4.69, 9.17) is 4.74 Å². The topological polar surface area (TPSA) is 50.3 Å². The van der Waals surface area contributed by atoms with Crippen molar-refractivity contribution >= 4 is 11.8 Å². The molecule has 0 aliphatic rings. The van der Waals surface area contributed by atoms with Gasteiger partial charge in [0.15, 0.2) is 0 Å². The van der Waals surface area contributed by atoms with Crippen LogP contribution in [0.2, 0.25) is 0 Å². The van der Waals surface area contributed by atoms with Gasteiger partial charge in [0.25, 0.3) is 0 Å². The fraction of sp³-hybridized carbons (Fsp3) is 0.667. The molecule has 1 rings (SSSR count). The lowest BCUT2D eigenvalue weighted by molar-refractivity contribution is 0.210. The molecule has 0 radical (unpaired) electrons. The molecule has 17 heavy (non-hydrogen) atoms. The quantitative estimate of drug-likeness (QED) is 0.699. The van der Waals surface area contributed by atoms with Crippen molar-refractivity contribution in [1.82, 2.24) is 9.97 Å². The molecule has 0 aliphatic heterocycles. The third-order valence-corrected chi connectivity index (χ3v) is 2.47. The van der Waals surface area contributed by atoms with E-state index in [1.807, 2.05) is 6.07 Å². The second kappa shape index (κ2) is 7.84. The van der Waals surface area contributed by atoms with Gasteiger partial charge in [-0.2, -0.15) is 4.98 Å². The predicted octanol–water partition coefficient (Wildman–Crippen LogP) is 1.77. The van der Waals surface area contributed by atoms with Crippen molar-refractivity contribution < 1.29 is 4.74 Å². The number of methoxy groups -OCH3 is 1. The fourth-order valence-corrected chi connectivity index (χ4v) is 1.42. The van der Waals surface area contributed by atoms with Crippen molar-refractivity contribution in [2.24, 2.45) is 0 Å². The lowest BCUT2D eigenvalue weighted by Gasteiger charge is -2.18. The number of hydrogen-bond acceptors (Lipinski definition) is 5. The maximum absolute atomic E-state index is 4.97. The first-order valence-corrected chi connectivity index (χ1v) is 6.05. The van der Waals surface area contributed by atoms with Gasteiger partial charge in [-0.1, -0.05) is 13.3 Å². The normalized spacial score (nSPS) is 10.3. The van der Waals surface area contributed by atoms with E-state index in [1.165, 1.54) is 12.8 Å². The Labute approximate surface area is 103 Å². The first kappa shape index (κ1) is 13.7. The SMILES string of the molecule is CCCCN(C)c1ccnc(NCCOC)n1. The first-order chi connectivity index (χ1) is 8.27. The molecule has 0 spiro atoms. The molecule has 1 aromatic heterocycles. The molecule has 0 saturated carbocycles. The van der Waals surface area contributed by atoms with E-state index in [-0.39, 0.29) is 0 Å². The van der Waals surface area contributed by atoms with Crippen LogP contribution in [0.5, 0.6) is 0 Å². The Morgan fingerprint density at radius 1 is 1.47 bits per heavy atom. The standard InChI is InChI=1S/C12H22N4O/c1-4-5-9-16(2)11-6-7-13-12(15-11)14-8-10-17-3/h6-7H,4-5,8-10H2,1-3H3,(H,13,14,15). The Bertz CT molecular complexity index is 319. The summed E-state index contributed by atoms with van der Waals surface area (Å²) in [6.45, 7) is 4.58. The van der Waals surface area contributed by atoms with Crippen molar-refractivity contribution in [3.63, 3.8) is 0 Å². The lowest BCUT2D eigenvalue weighted by atomic mass is 10.3. The van der Waals surface area contributed by atoms with Crippen LogP contribution in [0.3, 0.4) is 0 Å². The maximum Gasteiger partial charge on any atom is 0.224 e. The number of unbranched alkanes of at least 4 members (excludes halogenated alkanes) is 1. The van der Waals surface area contributed by atoms with E-state index in [2.05, 4.69) is 34.2 Å². The summed E-state index contributed by atoms with van der Waals surface area (Å²) in [5, 5.41) is 3.12. The Morgan fingerprint density at radius 3 is 3.00 bits per heavy atom. The van der Waals surface area contributed by atoms with Crippen LogP contribution < -0.4 is 10.2 Å². The van der Waals surface area contributed by atoms with E-state index in [1.54, 1.807) is 13.3 Å². The summed E-state index contributed by atoms with van der Waals surface area (Å²) in [5.74, 6) is 1.61. The zero-order valence-electron chi connectivity index (χ0n) is 10.9. The number of rotatable bonds is 8. The van der Waals surface area contributed by atoms with Crippen LogP contribution in [-0.4, -0.2) is 43.8 Å². The summed E-state index contributed by atoms with van der Waals surface area (Å²) in [4.78, 5) is 10.8. The van der Waals surface area contributed by atoms with Gasteiger partial charge in [-0.25, -0.2) is 4.98 Å². The van der Waals surface area contributed by atoms with Crippen molar-refractivity contribution in [3.05, 3.63) is 12.3 Å². The summed E-state index contributed by atoms with van der Waals surface area (Å²) in [7, 11) is 3.73. The number of aromatic nitrogens is 2. The molecule has 1 aromatic rings. The summed E-state index contributed by atoms with van der Waals surface area (Å²) >= 11 is 0. The second-order valence-electron chi connectivity index (χ2n) is 3.93. The van der Waals surface area contributed by atoms with Gasteiger partial charge < -0.3 is 15.0 Å². The Balaban J connectivity index is 2.52. The summed E-state index contributed by atoms with van der Waals surface area (Å²) in [6.07, 6.45) is 4.14. The largest absolute Gasteiger partial charge is 0.383 e. The van der Waals surface area contributed by atoms with Crippen LogP contribution in [0.4, 0.5) is 11.8 Å². The highest BCUT2D eigenvalue weighted by atomic mass is 16.5. The first-order valence-electron chi connectivity index (χ1n) is 6.05. The molecular formula is C12H22N4O. The summed E-state index contributed by atoms with van der Waals surface area (Å²) in [6, 6.07) is 1.93. The van der Waals surface area contributed by atoms with Gasteiger partial charge in [0.05, 0.1) is 6.61 Å². The number of hydrogen-bond donors (Lipinski definition) is 1. The monoisotopic (exact) mass is 238 g/mol. The van der Waals surface area contributed by atoms with Gasteiger partial charge in [0.1, 0.15) is 5.82 Å². The molecular weight excluding hydrogens is 216 g/mol. The van der Waals surface area contributed by atoms with Crippen LogP contribution in [-0.2, 0) is 4.74 Å². The van der Waals surface area contributed by atoms with Gasteiger partial charge >= 0.3 is 0 Å². The number of anilines is 2. The van der Waals surface area contributed by atoms with Crippen molar-refractivity contribution in [3.8, 4) is 0 Å². The highest BCUT2D eigenvalue weighted by Crippen LogP contribution is 2.10. The van der Waals surface area contributed by atoms with Gasteiger partial charge in [-0.05, 0) is 12.5 Å². The van der Waals surface area contributed by atoms with Gasteiger partial charge in [-0.3, -0.25) is 0 Å². The van der Waals surface area contributed by atoms with Crippen molar-refractivity contribution in [2.45, 2.75) is 19.8 Å². The fourth-order valence-electron chi connectivity index (χ4n) is 1.42. The average Bonchev–Trinajstić information content (AvgIpc) is 2.36. The van der Waals surface area contributed by atoms with Crippen LogP contribution in [0.15, 0.2) is 12.3 Å². The molecule has 0 fully saturated rings. The van der Waals surface area contributed by atoms with Crippen LogP contribution in [0, 0.1) is 0 Å². The van der Waals surface area contributed by atoms with Gasteiger partial charge in [-0.15, -0.1) is 0 Å². The lowest BCUT2D eigenvalue weighted by Crippen LogP contribution is -2.20. The smallest absolute Gasteiger partial charge is 0.224 e. The number of ether oxygens (including phenoxy) is 1. The van der Waals surface area contributed by atoms with Crippen LogP contribution in [0.1, 0.15) is 19.8 Å². The highest BCUT2D eigenvalue weighted by Gasteiger charge is 2.03. The minimum absolute atomic E-state index is 0.652. The summed E-state index contributed by atoms with van der Waals surface area (Å²) in [5.41, 5.74) is 0. The molecule has 0 amide bonds. The Kier molecular flexibility index (Phi) is 6.32. The molecule has 0 saturated heterocycles. The van der Waals surface area contributed by atoms with Crippen LogP contribution >= 0.6 is 0 Å². The molecule has 1 heterocycles. The van der Waals surface area contributed by atoms with Crippen LogP contribution in [0.25, 0.3) is 0 Å². The third kappa shape index (κ3) is 4.99. The molecule has 0 unspecified atom stereocenters. The molecule has 0 aliphatic carbocycles. The molecule has 0 aromatic carbocycles. The molecule has 1 N–H and O–H groups in total. The summed E-state index contributed by atoms with van der Waals surface area (Å²) < 4.78 is 4.97. The van der Waals surface area contributed by atoms with E-state index in [0.29, 0.717) is 12.6 Å². The average molecular weight is 238 g/mol. The van der Waals surface area contributed by atoms with Crippen molar-refractivity contribution in [1.29, 1.82) is 0 Å². The van der Waals surface area contributed by atoms with E-state index in [0.717, 1.165) is 18.9 Å². The number of nitrogens with zero attached hydrogens (tertiary/aromatic N) is 3. The molecule has 5 heteroatoms. The van der Waals surface area contributed by atoms with Gasteiger partial charge in [0.2, 0.25) is 5.95 Å². The Morgan fingerprint density at radius 2 is 2.29 bits per heavy atom. The predicted molar refractivity (Wildman–Crippen MR) is 70.6 cm³/mol.